The highest BCUT2D eigenvalue weighted by molar-refractivity contribution is 7.99. The molecule has 1 aromatic heterocycles. The van der Waals surface area contributed by atoms with Crippen molar-refractivity contribution in [3.63, 3.8) is 0 Å². The Balaban J connectivity index is 0.000000802. The van der Waals surface area contributed by atoms with Crippen LogP contribution in [0.2, 0.25) is 0 Å². The van der Waals surface area contributed by atoms with Crippen molar-refractivity contribution in [3.8, 4) is 11.5 Å². The van der Waals surface area contributed by atoms with Crippen LogP contribution >= 0.6 is 11.9 Å². The van der Waals surface area contributed by atoms with E-state index < -0.39 is 0 Å². The Labute approximate surface area is 264 Å². The van der Waals surface area contributed by atoms with Crippen molar-refractivity contribution in [2.24, 2.45) is 0 Å². The number of pyridine rings is 1. The zero-order chi connectivity index (χ0) is 31.7. The molecule has 44 heavy (non-hydrogen) atoms. The molecule has 1 aliphatic carbocycles. The predicted molar refractivity (Wildman–Crippen MR) is 179 cm³/mol. The predicted octanol–water partition coefficient (Wildman–Crippen LogP) is 6.57. The van der Waals surface area contributed by atoms with Crippen LogP contribution in [0, 0.1) is 10.8 Å². The van der Waals surface area contributed by atoms with E-state index in [-0.39, 0.29) is 29.1 Å². The zero-order valence-corrected chi connectivity index (χ0v) is 27.1. The molecule has 2 heterocycles. The summed E-state index contributed by atoms with van der Waals surface area (Å²) in [7, 11) is 1.60. The number of hydrogen-bond donors (Lipinski definition) is 6. The summed E-state index contributed by atoms with van der Waals surface area (Å²) >= 11 is 1.46. The molecule has 2 atom stereocenters. The van der Waals surface area contributed by atoms with Gasteiger partial charge in [-0.25, -0.2) is 4.79 Å². The maximum Gasteiger partial charge on any atom is 0.319 e. The lowest BCUT2D eigenvalue weighted by Crippen LogP contribution is -2.35. The highest BCUT2D eigenvalue weighted by Crippen LogP contribution is 2.41. The fraction of sp³-hybridized carbons (Fsp3) is 0.424. The molecule has 1 fully saturated rings. The van der Waals surface area contributed by atoms with E-state index in [4.69, 9.17) is 20.3 Å². The van der Waals surface area contributed by atoms with Crippen molar-refractivity contribution >= 4 is 35.7 Å². The van der Waals surface area contributed by atoms with Gasteiger partial charge in [0.1, 0.15) is 17.3 Å². The van der Waals surface area contributed by atoms with Crippen LogP contribution in [-0.2, 0) is 5.41 Å². The topological polar surface area (TPSA) is 136 Å². The average Bonchev–Trinajstić information content (AvgIpc) is 3.59. The molecule has 0 saturated carbocycles. The summed E-state index contributed by atoms with van der Waals surface area (Å²) < 4.78 is 16.6. The molecule has 2 aromatic carbocycles. The van der Waals surface area contributed by atoms with Gasteiger partial charge in [0.25, 0.3) is 0 Å². The lowest BCUT2D eigenvalue weighted by Gasteiger charge is -2.32. The van der Waals surface area contributed by atoms with Crippen molar-refractivity contribution < 1.29 is 14.3 Å². The van der Waals surface area contributed by atoms with Crippen LogP contribution in [0.3, 0.4) is 0 Å². The first-order chi connectivity index (χ1) is 21.1. The van der Waals surface area contributed by atoms with Crippen LogP contribution in [0.25, 0.3) is 0 Å². The lowest BCUT2D eigenvalue weighted by molar-refractivity contribution is 0.171. The third-order valence-electron chi connectivity index (χ3n) is 7.68. The number of hydrogen-bond acceptors (Lipinski definition) is 8. The minimum atomic E-state index is -0.313. The molecule has 10 nitrogen and oxygen atoms in total. The van der Waals surface area contributed by atoms with Gasteiger partial charge in [0, 0.05) is 6.26 Å². The van der Waals surface area contributed by atoms with E-state index in [0.29, 0.717) is 30.0 Å². The number of methoxy groups -OCH3 is 1. The van der Waals surface area contributed by atoms with Crippen molar-refractivity contribution in [2.45, 2.75) is 64.0 Å². The Hall–Kier alpha value is -3.96. The van der Waals surface area contributed by atoms with Gasteiger partial charge in [-0.3, -0.25) is 15.4 Å². The minimum Gasteiger partial charge on any atom is -0.492 e. The van der Waals surface area contributed by atoms with Gasteiger partial charge >= 0.3 is 6.03 Å². The minimum absolute atomic E-state index is 0.121. The molecule has 3 aromatic rings. The van der Waals surface area contributed by atoms with E-state index in [1.807, 2.05) is 36.6 Å². The van der Waals surface area contributed by atoms with Gasteiger partial charge in [0.2, 0.25) is 0 Å². The molecule has 2 aliphatic rings. The van der Waals surface area contributed by atoms with Gasteiger partial charge in [-0.2, -0.15) is 0 Å². The van der Waals surface area contributed by atoms with E-state index in [1.54, 1.807) is 25.4 Å². The van der Waals surface area contributed by atoms with Crippen molar-refractivity contribution in [1.82, 2.24) is 15.2 Å². The zero-order valence-electron chi connectivity index (χ0n) is 26.3. The van der Waals surface area contributed by atoms with Crippen LogP contribution in [0.1, 0.15) is 75.3 Å². The average molecular weight is 620 g/mol. The quantitative estimate of drug-likeness (QED) is 0.0960. The molecule has 2 amide bonds. The molecule has 2 unspecified atom stereocenters. The maximum atomic E-state index is 13.3. The molecular formula is C33H45N7O3S. The van der Waals surface area contributed by atoms with E-state index in [9.17, 15) is 4.79 Å². The summed E-state index contributed by atoms with van der Waals surface area (Å²) in [5.74, 6) is 1.16. The van der Waals surface area contributed by atoms with Crippen LogP contribution in [-0.4, -0.2) is 43.4 Å². The standard InChI is InChI=1S/C29H36N6O3S.C4H9N/c1-29(2,3)18-14-23(27(37-4)24(15-18)34-39-5)33-28(36)32-22-11-12-25(21-9-7-6-8-20(21)22)38-19-10-13-26(31)35(16-19)17-30;1-2-4-5-3-1/h6-10,13-17,22,25,30-31,34H,11-12H2,1-5H3,(H2,32,33,36);5H,1-4H2. The Morgan fingerprint density at radius 2 is 1.77 bits per heavy atom. The number of nitrogens with one attached hydrogen (secondary N) is 6. The van der Waals surface area contributed by atoms with Crippen LogP contribution in [0.15, 0.2) is 54.7 Å². The first-order valence-electron chi connectivity index (χ1n) is 15.0. The summed E-state index contributed by atoms with van der Waals surface area (Å²) in [5.41, 5.74) is 4.56. The highest BCUT2D eigenvalue weighted by Gasteiger charge is 2.30. The number of urea groups is 1. The van der Waals surface area contributed by atoms with Gasteiger partial charge in [0.15, 0.2) is 5.75 Å². The van der Waals surface area contributed by atoms with Gasteiger partial charge in [-0.05, 0) is 85.1 Å². The largest absolute Gasteiger partial charge is 0.492 e. The number of amides is 2. The number of fused-ring (bicyclic) bond motifs is 1. The third-order valence-corrected chi connectivity index (χ3v) is 8.11. The molecule has 0 radical (unpaired) electrons. The fourth-order valence-electron chi connectivity index (χ4n) is 5.36. The molecule has 5 rings (SSSR count). The number of rotatable bonds is 8. The van der Waals surface area contributed by atoms with Crippen LogP contribution in [0.4, 0.5) is 16.2 Å². The molecule has 0 spiro atoms. The normalized spacial score (nSPS) is 17.4. The maximum absolute atomic E-state index is 13.3. The van der Waals surface area contributed by atoms with Gasteiger partial charge in [-0.1, -0.05) is 57.0 Å². The second-order valence-corrected chi connectivity index (χ2v) is 12.5. The number of carbonyl (C=O) groups is 1. The second kappa shape index (κ2) is 15.2. The summed E-state index contributed by atoms with van der Waals surface area (Å²) in [6.07, 6.45) is 8.61. The Kier molecular flexibility index (Phi) is 11.4. The molecule has 1 aliphatic heterocycles. The van der Waals surface area contributed by atoms with Crippen molar-refractivity contribution in [2.75, 3.05) is 36.5 Å². The van der Waals surface area contributed by atoms with E-state index in [0.717, 1.165) is 28.7 Å². The number of carbonyl (C=O) groups excluding carboxylic acids is 1. The summed E-state index contributed by atoms with van der Waals surface area (Å²) in [5, 5.41) is 24.8. The van der Waals surface area contributed by atoms with Crippen LogP contribution in [0.5, 0.6) is 11.5 Å². The number of anilines is 2. The smallest absolute Gasteiger partial charge is 0.319 e. The van der Waals surface area contributed by atoms with Gasteiger partial charge < -0.3 is 30.1 Å². The van der Waals surface area contributed by atoms with E-state index in [2.05, 4.69) is 47.5 Å². The SMILES string of the molecule is C1CCNC1.COc1c(NSC)cc(C(C)(C)C)cc1NC(=O)NC1CCC(Oc2ccc(=N)n(C=N)c2)c2ccccc21. The second-order valence-electron chi connectivity index (χ2n) is 11.9. The Morgan fingerprint density at radius 3 is 2.39 bits per heavy atom. The first-order valence-corrected chi connectivity index (χ1v) is 16.2. The summed E-state index contributed by atoms with van der Waals surface area (Å²) in [6.45, 7) is 8.89. The van der Waals surface area contributed by atoms with E-state index in [1.165, 1.54) is 42.4 Å². The Bertz CT molecular complexity index is 1490. The molecule has 0 bridgehead atoms. The lowest BCUT2D eigenvalue weighted by atomic mass is 9.85. The Morgan fingerprint density at radius 1 is 1.07 bits per heavy atom. The number of ether oxygens (including phenoxy) is 2. The number of nitrogens with zero attached hydrogens (tertiary/aromatic N) is 1. The monoisotopic (exact) mass is 619 g/mol. The van der Waals surface area contributed by atoms with E-state index >= 15 is 0 Å². The van der Waals surface area contributed by atoms with Gasteiger partial charge in [-0.15, -0.1) is 0 Å². The highest BCUT2D eigenvalue weighted by atomic mass is 32.2. The molecule has 6 N–H and O–H groups in total. The fourth-order valence-corrected chi connectivity index (χ4v) is 5.73. The van der Waals surface area contributed by atoms with Crippen molar-refractivity contribution in [3.05, 3.63) is 76.9 Å². The van der Waals surface area contributed by atoms with Crippen molar-refractivity contribution in [1.29, 1.82) is 10.8 Å². The number of benzene rings is 2. The van der Waals surface area contributed by atoms with Gasteiger partial charge in [0.05, 0.1) is 37.1 Å². The molecule has 11 heteroatoms. The molecule has 1 saturated heterocycles. The summed E-state index contributed by atoms with van der Waals surface area (Å²) in [4.78, 5) is 13.3. The molecule has 236 valence electrons. The molecular weight excluding hydrogens is 574 g/mol. The first kappa shape index (κ1) is 32.9. The number of aromatic nitrogens is 1. The third kappa shape index (κ3) is 8.35. The summed E-state index contributed by atoms with van der Waals surface area (Å²) in [6, 6.07) is 14.8. The van der Waals surface area contributed by atoms with Crippen LogP contribution < -0.4 is 35.6 Å².